The van der Waals surface area contributed by atoms with Gasteiger partial charge in [0.2, 0.25) is 5.91 Å². The lowest BCUT2D eigenvalue weighted by atomic mass is 10.1. The van der Waals surface area contributed by atoms with Gasteiger partial charge in [-0.05, 0) is 43.5 Å². The fourth-order valence-electron chi connectivity index (χ4n) is 3.18. The third kappa shape index (κ3) is 3.92. The number of nitriles is 1. The summed E-state index contributed by atoms with van der Waals surface area (Å²) in [5, 5.41) is 11.9. The van der Waals surface area contributed by atoms with Crippen molar-refractivity contribution in [2.45, 2.75) is 32.4 Å². The molecule has 0 saturated carbocycles. The summed E-state index contributed by atoms with van der Waals surface area (Å²) in [6.45, 7) is 3.02. The van der Waals surface area contributed by atoms with Gasteiger partial charge in [-0.1, -0.05) is 35.9 Å². The Hall–Kier alpha value is -3.13. The minimum atomic E-state index is -0.460. The van der Waals surface area contributed by atoms with Crippen LogP contribution >= 0.6 is 0 Å². The third-order valence-corrected chi connectivity index (χ3v) is 4.64. The molecule has 2 amide bonds. The van der Waals surface area contributed by atoms with E-state index in [9.17, 15) is 9.59 Å². The second-order valence-corrected chi connectivity index (χ2v) is 6.55. The van der Waals surface area contributed by atoms with Crippen molar-refractivity contribution in [3.05, 3.63) is 70.8 Å². The van der Waals surface area contributed by atoms with Gasteiger partial charge >= 0.3 is 0 Å². The molecule has 0 aliphatic carbocycles. The van der Waals surface area contributed by atoms with Gasteiger partial charge in [0.1, 0.15) is 6.04 Å². The highest BCUT2D eigenvalue weighted by Gasteiger charge is 2.34. The summed E-state index contributed by atoms with van der Waals surface area (Å²) in [7, 11) is 0. The molecule has 0 spiro atoms. The zero-order chi connectivity index (χ0) is 18.5. The molecule has 1 aliphatic rings. The highest BCUT2D eigenvalue weighted by Crippen LogP contribution is 2.21. The fraction of sp³-hybridized carbons (Fsp3) is 0.286. The van der Waals surface area contributed by atoms with Gasteiger partial charge in [-0.2, -0.15) is 5.26 Å². The minimum absolute atomic E-state index is 0.132. The van der Waals surface area contributed by atoms with Crippen molar-refractivity contribution in [2.24, 2.45) is 0 Å². The van der Waals surface area contributed by atoms with E-state index in [4.69, 9.17) is 5.26 Å². The molecule has 2 aromatic carbocycles. The summed E-state index contributed by atoms with van der Waals surface area (Å²) < 4.78 is 0. The van der Waals surface area contributed by atoms with Gasteiger partial charge in [-0.15, -0.1) is 0 Å². The Bertz CT molecular complexity index is 852. The zero-order valence-electron chi connectivity index (χ0n) is 14.7. The molecular weight excluding hydrogens is 326 g/mol. The second-order valence-electron chi connectivity index (χ2n) is 6.55. The summed E-state index contributed by atoms with van der Waals surface area (Å²) in [5.41, 5.74) is 3.09. The topological polar surface area (TPSA) is 73.2 Å². The van der Waals surface area contributed by atoms with E-state index < -0.39 is 6.04 Å². The van der Waals surface area contributed by atoms with E-state index in [1.165, 1.54) is 5.56 Å². The van der Waals surface area contributed by atoms with Crippen LogP contribution in [0.2, 0.25) is 0 Å². The standard InChI is InChI=1S/C21H21N3O2/c1-15-7-9-16(10-8-15)14-23-20(25)19-6-3-11-24(19)21(26)18-5-2-4-17(12-18)13-22/h2,4-5,7-10,12,19H,3,6,11,14H2,1H3,(H,23,25). The van der Waals surface area contributed by atoms with E-state index in [-0.39, 0.29) is 11.8 Å². The van der Waals surface area contributed by atoms with E-state index in [2.05, 4.69) is 5.32 Å². The van der Waals surface area contributed by atoms with Crippen LogP contribution in [0.1, 0.15) is 39.9 Å². The molecule has 2 aromatic rings. The molecule has 26 heavy (non-hydrogen) atoms. The first-order chi connectivity index (χ1) is 12.6. The van der Waals surface area contributed by atoms with Crippen molar-refractivity contribution in [1.29, 1.82) is 5.26 Å². The van der Waals surface area contributed by atoms with Crippen LogP contribution < -0.4 is 5.32 Å². The highest BCUT2D eigenvalue weighted by atomic mass is 16.2. The molecule has 0 aromatic heterocycles. The fourth-order valence-corrected chi connectivity index (χ4v) is 3.18. The summed E-state index contributed by atoms with van der Waals surface area (Å²) in [6, 6.07) is 16.2. The molecule has 5 nitrogen and oxygen atoms in total. The van der Waals surface area contributed by atoms with Crippen LogP contribution in [0.5, 0.6) is 0 Å². The molecule has 0 radical (unpaired) electrons. The molecule has 1 unspecified atom stereocenters. The number of hydrogen-bond donors (Lipinski definition) is 1. The zero-order valence-corrected chi connectivity index (χ0v) is 14.7. The van der Waals surface area contributed by atoms with Crippen molar-refractivity contribution in [2.75, 3.05) is 6.54 Å². The molecule has 1 saturated heterocycles. The number of carbonyl (C=O) groups is 2. The van der Waals surface area contributed by atoms with E-state index in [1.54, 1.807) is 29.2 Å². The summed E-state index contributed by atoms with van der Waals surface area (Å²) in [5.74, 6) is -0.331. The molecule has 1 heterocycles. The van der Waals surface area contributed by atoms with Crippen molar-refractivity contribution >= 4 is 11.8 Å². The molecule has 1 aliphatic heterocycles. The smallest absolute Gasteiger partial charge is 0.254 e. The van der Waals surface area contributed by atoms with Crippen molar-refractivity contribution in [3.63, 3.8) is 0 Å². The Labute approximate surface area is 153 Å². The molecule has 1 N–H and O–H groups in total. The van der Waals surface area contributed by atoms with Crippen LogP contribution in [0, 0.1) is 18.3 Å². The van der Waals surface area contributed by atoms with Crippen LogP contribution in [-0.2, 0) is 11.3 Å². The lowest BCUT2D eigenvalue weighted by Gasteiger charge is -2.24. The lowest BCUT2D eigenvalue weighted by Crippen LogP contribution is -2.45. The summed E-state index contributed by atoms with van der Waals surface area (Å²) >= 11 is 0. The average Bonchev–Trinajstić information content (AvgIpc) is 3.16. The molecule has 132 valence electrons. The maximum Gasteiger partial charge on any atom is 0.254 e. The Balaban J connectivity index is 1.66. The maximum absolute atomic E-state index is 12.8. The first-order valence-electron chi connectivity index (χ1n) is 8.73. The van der Waals surface area contributed by atoms with Gasteiger partial charge < -0.3 is 10.2 Å². The number of aryl methyl sites for hydroxylation is 1. The van der Waals surface area contributed by atoms with E-state index in [0.29, 0.717) is 30.6 Å². The molecule has 5 heteroatoms. The molecule has 1 fully saturated rings. The SMILES string of the molecule is Cc1ccc(CNC(=O)C2CCCN2C(=O)c2cccc(C#N)c2)cc1. The van der Waals surface area contributed by atoms with Crippen molar-refractivity contribution in [1.82, 2.24) is 10.2 Å². The first-order valence-corrected chi connectivity index (χ1v) is 8.73. The molecule has 3 rings (SSSR count). The third-order valence-electron chi connectivity index (χ3n) is 4.64. The predicted molar refractivity (Wildman–Crippen MR) is 98.2 cm³/mol. The van der Waals surface area contributed by atoms with Crippen LogP contribution in [0.3, 0.4) is 0 Å². The van der Waals surface area contributed by atoms with Gasteiger partial charge in [-0.3, -0.25) is 9.59 Å². The van der Waals surface area contributed by atoms with Crippen LogP contribution in [-0.4, -0.2) is 29.3 Å². The minimum Gasteiger partial charge on any atom is -0.350 e. The Morgan fingerprint density at radius 1 is 1.23 bits per heavy atom. The van der Waals surface area contributed by atoms with E-state index >= 15 is 0 Å². The van der Waals surface area contributed by atoms with E-state index in [0.717, 1.165) is 12.0 Å². The quantitative estimate of drug-likeness (QED) is 0.924. The second kappa shape index (κ2) is 7.83. The number of rotatable bonds is 4. The monoisotopic (exact) mass is 347 g/mol. The maximum atomic E-state index is 12.8. The number of carbonyl (C=O) groups excluding carboxylic acids is 2. The van der Waals surface area contributed by atoms with Gasteiger partial charge in [0.25, 0.3) is 5.91 Å². The molecular formula is C21H21N3O2. The van der Waals surface area contributed by atoms with Gasteiger partial charge in [0.15, 0.2) is 0 Å². The van der Waals surface area contributed by atoms with E-state index in [1.807, 2.05) is 37.3 Å². The summed E-state index contributed by atoms with van der Waals surface area (Å²) in [6.07, 6.45) is 1.45. The van der Waals surface area contributed by atoms with Gasteiger partial charge in [0, 0.05) is 18.7 Å². The number of hydrogen-bond acceptors (Lipinski definition) is 3. The summed E-state index contributed by atoms with van der Waals surface area (Å²) in [4.78, 5) is 27.0. The Morgan fingerprint density at radius 2 is 2.00 bits per heavy atom. The van der Waals surface area contributed by atoms with Crippen LogP contribution in [0.4, 0.5) is 0 Å². The van der Waals surface area contributed by atoms with Gasteiger partial charge in [-0.25, -0.2) is 0 Å². The van der Waals surface area contributed by atoms with Crippen molar-refractivity contribution in [3.8, 4) is 6.07 Å². The largest absolute Gasteiger partial charge is 0.350 e. The Kier molecular flexibility index (Phi) is 5.33. The number of amides is 2. The first kappa shape index (κ1) is 17.7. The van der Waals surface area contributed by atoms with Crippen LogP contribution in [0.25, 0.3) is 0 Å². The van der Waals surface area contributed by atoms with Crippen molar-refractivity contribution < 1.29 is 9.59 Å². The van der Waals surface area contributed by atoms with Gasteiger partial charge in [0.05, 0.1) is 11.6 Å². The van der Waals surface area contributed by atoms with Crippen LogP contribution in [0.15, 0.2) is 48.5 Å². The number of benzene rings is 2. The number of nitrogens with zero attached hydrogens (tertiary/aromatic N) is 2. The highest BCUT2D eigenvalue weighted by molar-refractivity contribution is 5.98. The Morgan fingerprint density at radius 3 is 2.73 bits per heavy atom. The molecule has 0 bridgehead atoms. The molecule has 1 atom stereocenters. The predicted octanol–water partition coefficient (Wildman–Crippen LogP) is 2.79. The average molecular weight is 347 g/mol. The number of likely N-dealkylation sites (tertiary alicyclic amines) is 1. The lowest BCUT2D eigenvalue weighted by molar-refractivity contribution is -0.125. The number of nitrogens with one attached hydrogen (secondary N) is 1. The normalized spacial score (nSPS) is 16.2.